The molecule has 1 saturated heterocycles. The summed E-state index contributed by atoms with van der Waals surface area (Å²) in [6.45, 7) is 5.20. The van der Waals surface area contributed by atoms with Crippen molar-refractivity contribution in [2.24, 2.45) is 7.05 Å². The van der Waals surface area contributed by atoms with Gasteiger partial charge < -0.3 is 14.6 Å². The number of carbonyl (C=O) groups is 1. The van der Waals surface area contributed by atoms with Gasteiger partial charge in [0.15, 0.2) is 5.65 Å². The van der Waals surface area contributed by atoms with Gasteiger partial charge in [0.25, 0.3) is 0 Å². The number of aromatic nitrogens is 4. The summed E-state index contributed by atoms with van der Waals surface area (Å²) in [5.74, 6) is -0.826. The van der Waals surface area contributed by atoms with E-state index in [1.807, 2.05) is 55.8 Å². The third-order valence-corrected chi connectivity index (χ3v) is 10.3. The molecule has 0 radical (unpaired) electrons. The largest absolute Gasteiger partial charge is 0.481 e. The van der Waals surface area contributed by atoms with Crippen LogP contribution < -0.4 is 4.90 Å². The molecule has 10 nitrogen and oxygen atoms in total. The zero-order valence-corrected chi connectivity index (χ0v) is 24.3. The maximum Gasteiger partial charge on any atom is 0.304 e. The normalized spacial score (nSPS) is 18.9. The number of fused-ring (bicyclic) bond motifs is 4. The summed E-state index contributed by atoms with van der Waals surface area (Å²) < 4.78 is 31.5. The zero-order valence-electron chi connectivity index (χ0n) is 23.5. The minimum absolute atomic E-state index is 0. The van der Waals surface area contributed by atoms with Crippen molar-refractivity contribution in [1.29, 1.82) is 0 Å². The highest BCUT2D eigenvalue weighted by Crippen LogP contribution is 2.37. The summed E-state index contributed by atoms with van der Waals surface area (Å²) in [6.07, 6.45) is 4.52. The van der Waals surface area contributed by atoms with Gasteiger partial charge in [-0.25, -0.2) is 13.4 Å². The number of nitrogens with zero attached hydrogens (tertiary/aromatic N) is 6. The highest BCUT2D eigenvalue weighted by molar-refractivity contribution is 7.89. The first kappa shape index (κ1) is 29.7. The number of sulfonamides is 1. The number of carboxylic acid groups (broad SMARTS) is 1. The van der Waals surface area contributed by atoms with Crippen molar-refractivity contribution in [2.45, 2.75) is 70.4 Å². The second-order valence-corrected chi connectivity index (χ2v) is 13.1. The van der Waals surface area contributed by atoms with E-state index in [-0.39, 0.29) is 31.3 Å². The van der Waals surface area contributed by atoms with Gasteiger partial charge in [0.1, 0.15) is 10.7 Å². The fourth-order valence-corrected chi connectivity index (χ4v) is 7.92. The number of piperidine rings is 1. The number of hydrogen-bond donors (Lipinski definition) is 1. The molecule has 0 saturated carbocycles. The van der Waals surface area contributed by atoms with Gasteiger partial charge in [0, 0.05) is 55.9 Å². The Morgan fingerprint density at radius 2 is 1.93 bits per heavy atom. The molecule has 2 atom stereocenters. The summed E-state index contributed by atoms with van der Waals surface area (Å²) in [6, 6.07) is 13.2. The second kappa shape index (κ2) is 11.4. The van der Waals surface area contributed by atoms with Crippen LogP contribution in [0.4, 0.5) is 5.82 Å². The standard InChI is InChI=1S/C30H34N6O4S.CH4/c1-19-9-10-21(25(16-28(37)38)26-15-22-13-20(2)32-33-29(22)34(26)3)14-23(19)17-35-18-24-7-4-5-12-36(24)30-27(41(35,39)40)8-6-11-31-30;/h6,8-11,13-15,24-25H,4-5,7,12,16-18H2,1-3H3,(H,37,38);1H4/t24-,25+;/m0./s1. The number of hydrogen-bond acceptors (Lipinski definition) is 7. The van der Waals surface area contributed by atoms with Gasteiger partial charge in [-0.3, -0.25) is 4.79 Å². The van der Waals surface area contributed by atoms with Crippen LogP contribution in [0.15, 0.2) is 53.6 Å². The van der Waals surface area contributed by atoms with Crippen LogP contribution in [0.5, 0.6) is 0 Å². The summed E-state index contributed by atoms with van der Waals surface area (Å²) in [4.78, 5) is 18.9. The van der Waals surface area contributed by atoms with E-state index < -0.39 is 21.9 Å². The van der Waals surface area contributed by atoms with Gasteiger partial charge in [-0.1, -0.05) is 25.6 Å². The van der Waals surface area contributed by atoms with E-state index in [4.69, 9.17) is 0 Å². The van der Waals surface area contributed by atoms with E-state index in [1.165, 1.54) is 0 Å². The average molecular weight is 591 g/mol. The number of benzene rings is 1. The van der Waals surface area contributed by atoms with Gasteiger partial charge in [-0.15, -0.1) is 5.10 Å². The van der Waals surface area contributed by atoms with Crippen LogP contribution in [0.2, 0.25) is 0 Å². The molecule has 0 bridgehead atoms. The van der Waals surface area contributed by atoms with Crippen molar-refractivity contribution in [1.82, 2.24) is 24.1 Å². The van der Waals surface area contributed by atoms with E-state index in [0.29, 0.717) is 18.0 Å². The lowest BCUT2D eigenvalue weighted by atomic mass is 9.89. The van der Waals surface area contributed by atoms with Crippen molar-refractivity contribution in [3.63, 3.8) is 0 Å². The molecule has 5 heterocycles. The van der Waals surface area contributed by atoms with Gasteiger partial charge in [-0.2, -0.15) is 9.40 Å². The lowest BCUT2D eigenvalue weighted by Gasteiger charge is -2.36. The summed E-state index contributed by atoms with van der Waals surface area (Å²) in [5, 5.41) is 19.3. The molecule has 0 spiro atoms. The minimum atomic E-state index is -3.81. The molecular weight excluding hydrogens is 552 g/mol. The van der Waals surface area contributed by atoms with Crippen molar-refractivity contribution in [3.05, 3.63) is 76.7 Å². The van der Waals surface area contributed by atoms with E-state index in [2.05, 4.69) is 20.1 Å². The molecule has 222 valence electrons. The molecule has 2 aliphatic rings. The Labute approximate surface area is 247 Å². The smallest absolute Gasteiger partial charge is 0.304 e. The van der Waals surface area contributed by atoms with E-state index >= 15 is 0 Å². The first-order chi connectivity index (χ1) is 19.6. The first-order valence-electron chi connectivity index (χ1n) is 14.0. The third-order valence-electron chi connectivity index (χ3n) is 8.47. The number of pyridine rings is 1. The molecule has 3 aromatic heterocycles. The van der Waals surface area contributed by atoms with Crippen LogP contribution in [0.3, 0.4) is 0 Å². The Hall–Kier alpha value is -3.83. The monoisotopic (exact) mass is 590 g/mol. The molecule has 0 aliphatic carbocycles. The first-order valence-corrected chi connectivity index (χ1v) is 15.4. The summed E-state index contributed by atoms with van der Waals surface area (Å²) in [5.41, 5.74) is 4.91. The maximum absolute atomic E-state index is 14.0. The number of anilines is 1. The Balaban J connectivity index is 0.00000353. The molecule has 4 aromatic rings. The highest BCUT2D eigenvalue weighted by Gasteiger charge is 2.39. The van der Waals surface area contributed by atoms with Crippen LogP contribution in [-0.4, -0.2) is 62.7 Å². The summed E-state index contributed by atoms with van der Waals surface area (Å²) >= 11 is 0. The van der Waals surface area contributed by atoms with Crippen molar-refractivity contribution < 1.29 is 18.3 Å². The average Bonchev–Trinajstić information content (AvgIpc) is 3.23. The number of carboxylic acids is 1. The Kier molecular flexibility index (Phi) is 8.08. The van der Waals surface area contributed by atoms with E-state index in [0.717, 1.165) is 59.3 Å². The molecule has 1 N–H and O–H groups in total. The Bertz CT molecular complexity index is 1750. The second-order valence-electron chi connectivity index (χ2n) is 11.2. The van der Waals surface area contributed by atoms with E-state index in [9.17, 15) is 18.3 Å². The predicted molar refractivity (Wildman–Crippen MR) is 162 cm³/mol. The highest BCUT2D eigenvalue weighted by atomic mass is 32.2. The molecule has 1 fully saturated rings. The molecule has 1 aromatic carbocycles. The third kappa shape index (κ3) is 5.27. The fourth-order valence-electron chi connectivity index (χ4n) is 6.31. The summed E-state index contributed by atoms with van der Waals surface area (Å²) in [7, 11) is -1.94. The van der Waals surface area contributed by atoms with Gasteiger partial charge in [-0.05, 0) is 74.1 Å². The molecular formula is C31H38N6O4S. The lowest BCUT2D eigenvalue weighted by Crippen LogP contribution is -2.45. The van der Waals surface area contributed by atoms with Gasteiger partial charge >= 0.3 is 5.97 Å². The number of aliphatic carboxylic acids is 1. The van der Waals surface area contributed by atoms with Crippen LogP contribution in [0, 0.1) is 13.8 Å². The molecule has 11 heteroatoms. The van der Waals surface area contributed by atoms with Crippen LogP contribution in [0.25, 0.3) is 11.0 Å². The predicted octanol–water partition coefficient (Wildman–Crippen LogP) is 4.79. The van der Waals surface area contributed by atoms with E-state index in [1.54, 1.807) is 22.6 Å². The number of rotatable bonds is 6. The van der Waals surface area contributed by atoms with Gasteiger partial charge in [0.05, 0.1) is 12.1 Å². The Morgan fingerprint density at radius 3 is 2.71 bits per heavy atom. The SMILES string of the molecule is C.Cc1cc2cc([C@H](CC(=O)O)c3ccc(C)c(CN4C[C@@H]5CCCCN5c5ncccc5S4(=O)=O)c3)n(C)c2nn1. The maximum atomic E-state index is 14.0. The zero-order chi connectivity index (χ0) is 28.9. The quantitative estimate of drug-likeness (QED) is 0.340. The minimum Gasteiger partial charge on any atom is -0.481 e. The molecule has 0 amide bonds. The van der Waals surface area contributed by atoms with Crippen LogP contribution in [-0.2, 0) is 28.4 Å². The number of aryl methyl sites for hydroxylation is 3. The van der Waals surface area contributed by atoms with Gasteiger partial charge in [0.2, 0.25) is 10.0 Å². The lowest BCUT2D eigenvalue weighted by molar-refractivity contribution is -0.137. The van der Waals surface area contributed by atoms with Crippen molar-refractivity contribution in [2.75, 3.05) is 18.0 Å². The Morgan fingerprint density at radius 1 is 1.12 bits per heavy atom. The molecule has 42 heavy (non-hydrogen) atoms. The molecule has 0 unspecified atom stereocenters. The van der Waals surface area contributed by atoms with Crippen LogP contribution >= 0.6 is 0 Å². The molecule has 2 aliphatic heterocycles. The van der Waals surface area contributed by atoms with Crippen molar-refractivity contribution >= 4 is 32.8 Å². The van der Waals surface area contributed by atoms with Crippen LogP contribution in [0.1, 0.15) is 67.1 Å². The molecule has 6 rings (SSSR count). The van der Waals surface area contributed by atoms with Crippen molar-refractivity contribution in [3.8, 4) is 0 Å². The topological polar surface area (TPSA) is 122 Å². The fraction of sp³-hybridized carbons (Fsp3) is 0.419.